The number of hydrogen-bond donors (Lipinski definition) is 2. The van der Waals surface area contributed by atoms with E-state index in [-0.39, 0.29) is 0 Å². The van der Waals surface area contributed by atoms with Gasteiger partial charge in [-0.3, -0.25) is 0 Å². The molecule has 6 nitrogen and oxygen atoms in total. The Morgan fingerprint density at radius 1 is 0.577 bits per heavy atom. The van der Waals surface area contributed by atoms with Crippen LogP contribution in [0.25, 0.3) is 0 Å². The van der Waals surface area contributed by atoms with Crippen molar-refractivity contribution in [3.63, 3.8) is 0 Å². The van der Waals surface area contributed by atoms with E-state index in [1.165, 1.54) is 25.7 Å². The standard InChI is InChI=1S/C18H44N2O4Si2/c1-17(25(21-3)22-4)11-15-19-13-9-7-8-10-14-20-16-12-18(2)26(23-5)24-6/h17-20,25-26H,7-16H2,1-6H3. The fourth-order valence-corrected chi connectivity index (χ4v) is 6.28. The zero-order valence-corrected chi connectivity index (χ0v) is 20.3. The Hall–Kier alpha value is 0.194. The molecule has 0 aliphatic rings. The van der Waals surface area contributed by atoms with Crippen LogP contribution in [0.15, 0.2) is 0 Å². The second-order valence-electron chi connectivity index (χ2n) is 7.13. The van der Waals surface area contributed by atoms with Crippen LogP contribution >= 0.6 is 0 Å². The summed E-state index contributed by atoms with van der Waals surface area (Å²) in [7, 11) is 4.15. The van der Waals surface area contributed by atoms with Crippen LogP contribution in [-0.4, -0.2) is 73.2 Å². The molecule has 2 unspecified atom stereocenters. The van der Waals surface area contributed by atoms with Crippen LogP contribution in [0.4, 0.5) is 0 Å². The molecule has 26 heavy (non-hydrogen) atoms. The largest absolute Gasteiger partial charge is 0.400 e. The maximum Gasteiger partial charge on any atom is 0.323 e. The van der Waals surface area contributed by atoms with Gasteiger partial charge in [-0.1, -0.05) is 26.7 Å². The summed E-state index contributed by atoms with van der Waals surface area (Å²) in [6, 6.07) is 0. The fraction of sp³-hybridized carbons (Fsp3) is 1.00. The van der Waals surface area contributed by atoms with E-state index < -0.39 is 18.6 Å². The van der Waals surface area contributed by atoms with Crippen molar-refractivity contribution in [1.82, 2.24) is 10.6 Å². The summed E-state index contributed by atoms with van der Waals surface area (Å²) in [5, 5.41) is 7.08. The predicted molar refractivity (Wildman–Crippen MR) is 115 cm³/mol. The lowest BCUT2D eigenvalue weighted by molar-refractivity contribution is 0.264. The van der Waals surface area contributed by atoms with Gasteiger partial charge in [-0.15, -0.1) is 0 Å². The molecule has 0 aliphatic heterocycles. The normalized spacial score (nSPS) is 14.3. The first-order valence-electron chi connectivity index (χ1n) is 10.1. The quantitative estimate of drug-likeness (QED) is 0.253. The molecule has 2 N–H and O–H groups in total. The zero-order valence-electron chi connectivity index (χ0n) is 18.0. The Kier molecular flexibility index (Phi) is 18.7. The molecule has 158 valence electrons. The Morgan fingerprint density at radius 2 is 0.923 bits per heavy atom. The van der Waals surface area contributed by atoms with Gasteiger partial charge in [0.15, 0.2) is 0 Å². The van der Waals surface area contributed by atoms with E-state index in [9.17, 15) is 0 Å². The third kappa shape index (κ3) is 13.4. The molecule has 0 saturated carbocycles. The number of rotatable bonds is 19. The molecule has 8 heteroatoms. The summed E-state index contributed by atoms with van der Waals surface area (Å²) < 4.78 is 21.7. The summed E-state index contributed by atoms with van der Waals surface area (Å²) in [6.07, 6.45) is 7.39. The minimum Gasteiger partial charge on any atom is -0.400 e. The van der Waals surface area contributed by atoms with Crippen LogP contribution in [-0.2, 0) is 17.7 Å². The zero-order chi connectivity index (χ0) is 19.6. The smallest absolute Gasteiger partial charge is 0.323 e. The summed E-state index contributed by atoms with van der Waals surface area (Å²) in [5.41, 5.74) is 1.11. The highest BCUT2D eigenvalue weighted by atomic mass is 28.3. The first kappa shape index (κ1) is 26.2. The summed E-state index contributed by atoms with van der Waals surface area (Å²) >= 11 is 0. The van der Waals surface area contributed by atoms with Gasteiger partial charge in [0.1, 0.15) is 0 Å². The van der Waals surface area contributed by atoms with E-state index in [4.69, 9.17) is 17.7 Å². The van der Waals surface area contributed by atoms with Gasteiger partial charge < -0.3 is 28.3 Å². The third-order valence-corrected chi connectivity index (χ3v) is 9.25. The average Bonchev–Trinajstić information content (AvgIpc) is 2.64. The second-order valence-corrected chi connectivity index (χ2v) is 12.8. The Balaban J connectivity index is 3.34. The topological polar surface area (TPSA) is 61.0 Å². The minimum atomic E-state index is -1.45. The SMILES string of the molecule is CO[SiH](OC)C(C)CCNCCCCCCNCCC(C)[SiH](OC)OC. The molecule has 0 aromatic rings. The molecular weight excluding hydrogens is 364 g/mol. The molecule has 0 heterocycles. The molecule has 0 bridgehead atoms. The molecule has 0 aromatic heterocycles. The van der Waals surface area contributed by atoms with Crippen LogP contribution in [0.3, 0.4) is 0 Å². The van der Waals surface area contributed by atoms with Crippen LogP contribution in [0.1, 0.15) is 52.4 Å². The molecule has 0 spiro atoms. The van der Waals surface area contributed by atoms with Gasteiger partial charge >= 0.3 is 18.6 Å². The summed E-state index contributed by atoms with van der Waals surface area (Å²) in [4.78, 5) is 0. The second kappa shape index (κ2) is 18.6. The van der Waals surface area contributed by atoms with Gasteiger partial charge in [0.2, 0.25) is 0 Å². The van der Waals surface area contributed by atoms with Gasteiger partial charge in [-0.2, -0.15) is 0 Å². The number of hydrogen-bond acceptors (Lipinski definition) is 6. The van der Waals surface area contributed by atoms with E-state index in [1.807, 2.05) is 0 Å². The lowest BCUT2D eigenvalue weighted by Crippen LogP contribution is -2.28. The number of nitrogens with one attached hydrogen (secondary N) is 2. The lowest BCUT2D eigenvalue weighted by Gasteiger charge is -2.18. The maximum absolute atomic E-state index is 5.42. The third-order valence-electron chi connectivity index (χ3n) is 4.87. The van der Waals surface area contributed by atoms with Crippen molar-refractivity contribution in [2.24, 2.45) is 0 Å². The first-order valence-corrected chi connectivity index (χ1v) is 13.3. The van der Waals surface area contributed by atoms with Crippen LogP contribution in [0.2, 0.25) is 11.1 Å². The van der Waals surface area contributed by atoms with Gasteiger partial charge in [0.05, 0.1) is 0 Å². The van der Waals surface area contributed by atoms with Crippen molar-refractivity contribution >= 4 is 18.6 Å². The minimum absolute atomic E-state index is 0.553. The molecule has 0 fully saturated rings. The van der Waals surface area contributed by atoms with E-state index in [0.29, 0.717) is 11.1 Å². The highest BCUT2D eigenvalue weighted by Crippen LogP contribution is 2.15. The molecule has 0 amide bonds. The van der Waals surface area contributed by atoms with Crippen molar-refractivity contribution in [2.45, 2.75) is 63.5 Å². The predicted octanol–water partition coefficient (Wildman–Crippen LogP) is 2.31. The van der Waals surface area contributed by atoms with E-state index in [1.54, 1.807) is 28.4 Å². The Labute approximate surface area is 165 Å². The molecule has 0 aromatic carbocycles. The van der Waals surface area contributed by atoms with Gasteiger partial charge in [-0.05, 0) is 62.9 Å². The number of unbranched alkanes of at least 4 members (excludes halogenated alkanes) is 3. The van der Waals surface area contributed by atoms with Crippen LogP contribution < -0.4 is 10.6 Å². The first-order chi connectivity index (χ1) is 12.6. The van der Waals surface area contributed by atoms with Gasteiger partial charge in [-0.25, -0.2) is 0 Å². The molecule has 0 radical (unpaired) electrons. The van der Waals surface area contributed by atoms with Crippen molar-refractivity contribution in [3.8, 4) is 0 Å². The van der Waals surface area contributed by atoms with Crippen LogP contribution in [0.5, 0.6) is 0 Å². The fourth-order valence-electron chi connectivity index (χ4n) is 3.16. The Morgan fingerprint density at radius 3 is 1.23 bits per heavy atom. The van der Waals surface area contributed by atoms with Gasteiger partial charge in [0.25, 0.3) is 0 Å². The molecule has 0 rings (SSSR count). The molecule has 0 aliphatic carbocycles. The summed E-state index contributed by atoms with van der Waals surface area (Å²) in [5.74, 6) is 0. The molecular formula is C18H44N2O4Si2. The Bertz CT molecular complexity index is 268. The molecule has 0 saturated heterocycles. The van der Waals surface area contributed by atoms with E-state index in [0.717, 1.165) is 39.0 Å². The average molecular weight is 409 g/mol. The van der Waals surface area contributed by atoms with E-state index in [2.05, 4.69) is 24.5 Å². The van der Waals surface area contributed by atoms with Crippen LogP contribution in [0, 0.1) is 0 Å². The summed E-state index contributed by atoms with van der Waals surface area (Å²) in [6.45, 7) is 8.81. The highest BCUT2D eigenvalue weighted by molar-refractivity contribution is 6.46. The monoisotopic (exact) mass is 408 g/mol. The lowest BCUT2D eigenvalue weighted by atomic mass is 10.2. The maximum atomic E-state index is 5.42. The van der Waals surface area contributed by atoms with Crippen molar-refractivity contribution in [3.05, 3.63) is 0 Å². The van der Waals surface area contributed by atoms with Crippen molar-refractivity contribution in [2.75, 3.05) is 54.6 Å². The van der Waals surface area contributed by atoms with Crippen molar-refractivity contribution in [1.29, 1.82) is 0 Å². The van der Waals surface area contributed by atoms with Gasteiger partial charge in [0, 0.05) is 28.4 Å². The van der Waals surface area contributed by atoms with Crippen molar-refractivity contribution < 1.29 is 17.7 Å². The highest BCUT2D eigenvalue weighted by Gasteiger charge is 2.19. The van der Waals surface area contributed by atoms with E-state index >= 15 is 0 Å². The molecule has 2 atom stereocenters.